The van der Waals surface area contributed by atoms with E-state index in [1.54, 1.807) is 6.39 Å². The summed E-state index contributed by atoms with van der Waals surface area (Å²) in [5.41, 5.74) is 1.05. The Bertz CT molecular complexity index is 334. The van der Waals surface area contributed by atoms with Gasteiger partial charge in [-0.2, -0.15) is 0 Å². The van der Waals surface area contributed by atoms with Crippen LogP contribution in [0, 0.1) is 12.8 Å². The smallest absolute Gasteiger partial charge is 0.181 e. The van der Waals surface area contributed by atoms with Gasteiger partial charge in [-0.05, 0) is 32.1 Å². The first-order valence-corrected chi connectivity index (χ1v) is 5.48. The van der Waals surface area contributed by atoms with Crippen molar-refractivity contribution >= 4 is 0 Å². The molecule has 0 spiro atoms. The zero-order valence-corrected chi connectivity index (χ0v) is 8.49. The fourth-order valence-corrected chi connectivity index (χ4v) is 2.92. The summed E-state index contributed by atoms with van der Waals surface area (Å²) in [4.78, 5) is 4.13. The van der Waals surface area contributed by atoms with Gasteiger partial charge in [-0.3, -0.25) is 0 Å². The Hall–Kier alpha value is -0.830. The first-order chi connectivity index (χ1) is 6.83. The lowest BCUT2D eigenvalue weighted by molar-refractivity contribution is 0.355. The number of aromatic nitrogens is 1. The zero-order chi connectivity index (χ0) is 9.54. The summed E-state index contributed by atoms with van der Waals surface area (Å²) >= 11 is 0. The molecule has 2 bridgehead atoms. The third kappa shape index (κ3) is 1.27. The van der Waals surface area contributed by atoms with Crippen LogP contribution in [0.15, 0.2) is 10.8 Å². The number of fused-ring (bicyclic) bond motifs is 2. The fraction of sp³-hybridized carbons (Fsp3) is 0.727. The molecule has 76 valence electrons. The second-order valence-corrected chi connectivity index (χ2v) is 4.61. The highest BCUT2D eigenvalue weighted by molar-refractivity contribution is 5.09. The van der Waals surface area contributed by atoms with Gasteiger partial charge in [0.1, 0.15) is 5.76 Å². The van der Waals surface area contributed by atoms with Gasteiger partial charge in [0.25, 0.3) is 0 Å². The van der Waals surface area contributed by atoms with E-state index in [-0.39, 0.29) is 0 Å². The molecule has 1 aromatic heterocycles. The summed E-state index contributed by atoms with van der Waals surface area (Å²) in [5.74, 6) is 1.94. The monoisotopic (exact) mass is 192 g/mol. The molecule has 3 unspecified atom stereocenters. The van der Waals surface area contributed by atoms with Crippen molar-refractivity contribution in [3.05, 3.63) is 17.8 Å². The number of hydrogen-bond donors (Lipinski definition) is 1. The Morgan fingerprint density at radius 2 is 2.50 bits per heavy atom. The topological polar surface area (TPSA) is 38.1 Å². The van der Waals surface area contributed by atoms with Gasteiger partial charge in [0, 0.05) is 18.5 Å². The third-order valence-corrected chi connectivity index (χ3v) is 3.74. The van der Waals surface area contributed by atoms with Gasteiger partial charge < -0.3 is 9.73 Å². The molecule has 14 heavy (non-hydrogen) atoms. The first kappa shape index (κ1) is 8.48. The minimum atomic E-state index is 0.639. The summed E-state index contributed by atoms with van der Waals surface area (Å²) in [6.07, 6.45) is 6.72. The van der Waals surface area contributed by atoms with Crippen molar-refractivity contribution in [2.45, 2.75) is 44.7 Å². The number of piperidine rings is 1. The lowest BCUT2D eigenvalue weighted by Crippen LogP contribution is -2.37. The number of rotatable bonds is 2. The summed E-state index contributed by atoms with van der Waals surface area (Å²) in [5, 5.41) is 3.67. The summed E-state index contributed by atoms with van der Waals surface area (Å²) in [7, 11) is 0. The predicted molar refractivity (Wildman–Crippen MR) is 53.0 cm³/mol. The maximum Gasteiger partial charge on any atom is 0.181 e. The summed E-state index contributed by atoms with van der Waals surface area (Å²) in [6, 6.07) is 1.42. The summed E-state index contributed by atoms with van der Waals surface area (Å²) in [6.45, 7) is 2.02. The van der Waals surface area contributed by atoms with Crippen LogP contribution in [0.2, 0.25) is 0 Å². The van der Waals surface area contributed by atoms with E-state index in [9.17, 15) is 0 Å². The van der Waals surface area contributed by atoms with Gasteiger partial charge in [0.2, 0.25) is 0 Å². The molecule has 1 saturated carbocycles. The molecule has 2 fully saturated rings. The van der Waals surface area contributed by atoms with Gasteiger partial charge in [0.15, 0.2) is 6.39 Å². The van der Waals surface area contributed by atoms with Crippen LogP contribution in [0.4, 0.5) is 0 Å². The highest BCUT2D eigenvalue weighted by atomic mass is 16.3. The van der Waals surface area contributed by atoms with Crippen LogP contribution in [0.5, 0.6) is 0 Å². The second-order valence-electron chi connectivity index (χ2n) is 4.61. The Morgan fingerprint density at radius 3 is 3.07 bits per heavy atom. The number of aryl methyl sites for hydroxylation is 1. The van der Waals surface area contributed by atoms with Crippen LogP contribution in [-0.2, 0) is 6.42 Å². The van der Waals surface area contributed by atoms with Gasteiger partial charge in [-0.1, -0.05) is 0 Å². The van der Waals surface area contributed by atoms with Gasteiger partial charge in [-0.25, -0.2) is 4.98 Å². The van der Waals surface area contributed by atoms with Gasteiger partial charge in [-0.15, -0.1) is 0 Å². The molecule has 2 aliphatic rings. The zero-order valence-electron chi connectivity index (χ0n) is 8.49. The Kier molecular flexibility index (Phi) is 1.87. The molecule has 1 aliphatic carbocycles. The molecule has 1 aliphatic heterocycles. The third-order valence-electron chi connectivity index (χ3n) is 3.74. The van der Waals surface area contributed by atoms with Crippen molar-refractivity contribution in [2.75, 3.05) is 0 Å². The molecule has 1 saturated heterocycles. The molecule has 0 amide bonds. The van der Waals surface area contributed by atoms with Crippen molar-refractivity contribution in [1.82, 2.24) is 10.3 Å². The Balaban J connectivity index is 1.71. The molecule has 0 radical (unpaired) electrons. The minimum Gasteiger partial charge on any atom is -0.448 e. The molecule has 1 aromatic rings. The van der Waals surface area contributed by atoms with Crippen LogP contribution < -0.4 is 5.32 Å². The van der Waals surface area contributed by atoms with Gasteiger partial charge >= 0.3 is 0 Å². The molecule has 3 atom stereocenters. The lowest BCUT2D eigenvalue weighted by atomic mass is 9.96. The standard InChI is InChI=1S/C11H16N2O/c1-7-11(14-6-12-7)5-10-8-2-3-9(4-8)13-10/h6,8-10,13H,2-5H2,1H3. The minimum absolute atomic E-state index is 0.639. The van der Waals surface area contributed by atoms with Crippen molar-refractivity contribution in [1.29, 1.82) is 0 Å². The number of nitrogens with one attached hydrogen (secondary N) is 1. The largest absolute Gasteiger partial charge is 0.448 e. The number of nitrogens with zero attached hydrogens (tertiary/aromatic N) is 1. The van der Waals surface area contributed by atoms with E-state index < -0.39 is 0 Å². The normalized spacial score (nSPS) is 35.4. The van der Waals surface area contributed by atoms with E-state index in [0.717, 1.165) is 29.8 Å². The Labute approximate surface area is 83.9 Å². The molecule has 3 heteroatoms. The second kappa shape index (κ2) is 3.09. The fourth-order valence-electron chi connectivity index (χ4n) is 2.92. The SMILES string of the molecule is Cc1ncoc1CC1NC2CCC1C2. The van der Waals surface area contributed by atoms with Crippen LogP contribution in [0.25, 0.3) is 0 Å². The van der Waals surface area contributed by atoms with Crippen LogP contribution in [-0.4, -0.2) is 17.1 Å². The van der Waals surface area contributed by atoms with E-state index in [1.807, 2.05) is 6.92 Å². The quantitative estimate of drug-likeness (QED) is 0.774. The van der Waals surface area contributed by atoms with Crippen molar-refractivity contribution < 1.29 is 4.42 Å². The average Bonchev–Trinajstić information content (AvgIpc) is 2.83. The number of hydrogen-bond acceptors (Lipinski definition) is 3. The van der Waals surface area contributed by atoms with E-state index >= 15 is 0 Å². The predicted octanol–water partition coefficient (Wildman–Crippen LogP) is 1.67. The molecular formula is C11H16N2O. The molecule has 1 N–H and O–H groups in total. The highest BCUT2D eigenvalue weighted by Crippen LogP contribution is 2.36. The maximum absolute atomic E-state index is 5.38. The first-order valence-electron chi connectivity index (χ1n) is 5.48. The molecule has 3 nitrogen and oxygen atoms in total. The Morgan fingerprint density at radius 1 is 1.57 bits per heavy atom. The molecular weight excluding hydrogens is 176 g/mol. The summed E-state index contributed by atoms with van der Waals surface area (Å²) < 4.78 is 5.38. The van der Waals surface area contributed by atoms with Crippen molar-refractivity contribution in [3.8, 4) is 0 Å². The average molecular weight is 192 g/mol. The maximum atomic E-state index is 5.38. The van der Waals surface area contributed by atoms with Gasteiger partial charge in [0.05, 0.1) is 5.69 Å². The highest BCUT2D eigenvalue weighted by Gasteiger charge is 2.39. The van der Waals surface area contributed by atoms with Crippen LogP contribution in [0.1, 0.15) is 30.7 Å². The van der Waals surface area contributed by atoms with E-state index in [2.05, 4.69) is 10.3 Å². The molecule has 3 rings (SSSR count). The van der Waals surface area contributed by atoms with Crippen molar-refractivity contribution in [2.24, 2.45) is 5.92 Å². The van der Waals surface area contributed by atoms with Crippen molar-refractivity contribution in [3.63, 3.8) is 0 Å². The molecule has 2 heterocycles. The lowest BCUT2D eigenvalue weighted by Gasteiger charge is -2.22. The van der Waals surface area contributed by atoms with E-state index in [4.69, 9.17) is 4.42 Å². The van der Waals surface area contributed by atoms with E-state index in [1.165, 1.54) is 19.3 Å². The van der Waals surface area contributed by atoms with Crippen LogP contribution in [0.3, 0.4) is 0 Å². The van der Waals surface area contributed by atoms with Crippen LogP contribution >= 0.6 is 0 Å². The number of oxazole rings is 1. The molecule has 0 aromatic carbocycles. The van der Waals surface area contributed by atoms with E-state index in [0.29, 0.717) is 6.04 Å².